The number of rotatable bonds is 6. The molecule has 166 valence electrons. The quantitative estimate of drug-likeness (QED) is 0.655. The second-order valence-electron chi connectivity index (χ2n) is 7.18. The maximum Gasteiger partial charge on any atom is 0.279 e. The topological polar surface area (TPSA) is 105 Å². The molecule has 2 aromatic rings. The zero-order chi connectivity index (χ0) is 22.4. The van der Waals surface area contributed by atoms with Crippen molar-refractivity contribution < 1.29 is 27.1 Å². The Labute approximate surface area is 180 Å². The van der Waals surface area contributed by atoms with Crippen LogP contribution in [0.5, 0.6) is 5.75 Å². The van der Waals surface area contributed by atoms with Gasteiger partial charge >= 0.3 is 0 Å². The normalized spacial score (nSPS) is 18.1. The van der Waals surface area contributed by atoms with Crippen molar-refractivity contribution in [3.63, 3.8) is 0 Å². The number of ether oxygens (including phenoxy) is 1. The summed E-state index contributed by atoms with van der Waals surface area (Å²) >= 11 is 0. The number of para-hydroxylation sites is 1. The fourth-order valence-corrected chi connectivity index (χ4v) is 4.77. The fraction of sp³-hybridized carbons (Fsp3) is 0.333. The molecule has 0 spiro atoms. The molecule has 1 heterocycles. The number of nitrogens with zero attached hydrogens (tertiary/aromatic N) is 1. The van der Waals surface area contributed by atoms with Crippen LogP contribution in [0.2, 0.25) is 0 Å². The van der Waals surface area contributed by atoms with Gasteiger partial charge in [-0.05, 0) is 44.0 Å². The standard InChI is InChI=1S/C21H24FN3O5S/c1-15(30-19-12-6-5-11-18(19)22)20(26)23-24-21(27)16-8-7-13-25(14-16)31(28,29)17-9-3-2-4-10-17/h2-6,9-12,15-16H,7-8,13-14H2,1H3,(H,23,26)(H,24,27). The lowest BCUT2D eigenvalue weighted by Crippen LogP contribution is -2.52. The highest BCUT2D eigenvalue weighted by Gasteiger charge is 2.33. The van der Waals surface area contributed by atoms with Crippen LogP contribution in [0.3, 0.4) is 0 Å². The van der Waals surface area contributed by atoms with E-state index in [0.29, 0.717) is 19.4 Å². The Balaban J connectivity index is 1.54. The second kappa shape index (κ2) is 9.88. The van der Waals surface area contributed by atoms with Crippen molar-refractivity contribution >= 4 is 21.8 Å². The Kier molecular flexibility index (Phi) is 7.24. The first kappa shape index (κ1) is 22.7. The zero-order valence-corrected chi connectivity index (χ0v) is 17.8. The molecule has 2 N–H and O–H groups in total. The number of carbonyl (C=O) groups excluding carboxylic acids is 2. The van der Waals surface area contributed by atoms with E-state index >= 15 is 0 Å². The average molecular weight is 450 g/mol. The number of amides is 2. The van der Waals surface area contributed by atoms with Gasteiger partial charge in [0.15, 0.2) is 17.7 Å². The van der Waals surface area contributed by atoms with E-state index in [1.165, 1.54) is 41.6 Å². The monoisotopic (exact) mass is 449 g/mol. The number of piperidine rings is 1. The Morgan fingerprint density at radius 1 is 1.10 bits per heavy atom. The van der Waals surface area contributed by atoms with E-state index in [4.69, 9.17) is 4.74 Å². The average Bonchev–Trinajstić information content (AvgIpc) is 2.79. The van der Waals surface area contributed by atoms with Crippen LogP contribution in [0.4, 0.5) is 4.39 Å². The van der Waals surface area contributed by atoms with Gasteiger partial charge in [0.2, 0.25) is 15.9 Å². The maximum absolute atomic E-state index is 13.6. The molecular formula is C21H24FN3O5S. The summed E-state index contributed by atoms with van der Waals surface area (Å²) < 4.78 is 45.8. The van der Waals surface area contributed by atoms with Gasteiger partial charge in [-0.15, -0.1) is 0 Å². The van der Waals surface area contributed by atoms with Crippen molar-refractivity contribution in [2.45, 2.75) is 30.8 Å². The lowest BCUT2D eigenvalue weighted by molar-refractivity contribution is -0.134. The zero-order valence-electron chi connectivity index (χ0n) is 17.0. The predicted molar refractivity (Wildman–Crippen MR) is 111 cm³/mol. The van der Waals surface area contributed by atoms with Crippen molar-refractivity contribution in [2.24, 2.45) is 5.92 Å². The van der Waals surface area contributed by atoms with Crippen molar-refractivity contribution in [2.75, 3.05) is 13.1 Å². The lowest BCUT2D eigenvalue weighted by atomic mass is 9.99. The summed E-state index contributed by atoms with van der Waals surface area (Å²) in [5, 5.41) is 0. The minimum Gasteiger partial charge on any atom is -0.478 e. The van der Waals surface area contributed by atoms with Gasteiger partial charge in [-0.2, -0.15) is 4.31 Å². The van der Waals surface area contributed by atoms with E-state index < -0.39 is 39.7 Å². The summed E-state index contributed by atoms with van der Waals surface area (Å²) in [5.74, 6) is -2.46. The van der Waals surface area contributed by atoms with Crippen molar-refractivity contribution in [3.05, 3.63) is 60.4 Å². The highest BCUT2D eigenvalue weighted by Crippen LogP contribution is 2.23. The number of carbonyl (C=O) groups is 2. The molecule has 2 aromatic carbocycles. The smallest absolute Gasteiger partial charge is 0.279 e. The number of hydrazine groups is 1. The van der Waals surface area contributed by atoms with Crippen LogP contribution < -0.4 is 15.6 Å². The fourth-order valence-electron chi connectivity index (χ4n) is 3.23. The molecule has 0 bridgehead atoms. The summed E-state index contributed by atoms with van der Waals surface area (Å²) in [6.45, 7) is 1.75. The van der Waals surface area contributed by atoms with Gasteiger partial charge in [-0.3, -0.25) is 20.4 Å². The Hall–Kier alpha value is -2.98. The van der Waals surface area contributed by atoms with Gasteiger partial charge in [0.05, 0.1) is 10.8 Å². The molecule has 1 fully saturated rings. The molecule has 1 aliphatic rings. The summed E-state index contributed by atoms with van der Waals surface area (Å²) in [5.41, 5.74) is 4.56. The van der Waals surface area contributed by atoms with Crippen molar-refractivity contribution in [1.82, 2.24) is 15.2 Å². The summed E-state index contributed by atoms with van der Waals surface area (Å²) in [4.78, 5) is 24.8. The number of nitrogens with one attached hydrogen (secondary N) is 2. The van der Waals surface area contributed by atoms with E-state index in [1.54, 1.807) is 24.3 Å². The molecule has 1 aliphatic heterocycles. The minimum absolute atomic E-state index is 0.0141. The molecule has 8 nitrogen and oxygen atoms in total. The molecule has 31 heavy (non-hydrogen) atoms. The summed E-state index contributed by atoms with van der Waals surface area (Å²) in [6.07, 6.45) is -0.0483. The predicted octanol–water partition coefficient (Wildman–Crippen LogP) is 1.84. The Morgan fingerprint density at radius 3 is 2.48 bits per heavy atom. The van der Waals surface area contributed by atoms with Gasteiger partial charge in [0.25, 0.3) is 5.91 Å². The lowest BCUT2D eigenvalue weighted by Gasteiger charge is -2.31. The second-order valence-corrected chi connectivity index (χ2v) is 9.12. The molecule has 0 radical (unpaired) electrons. The molecule has 1 saturated heterocycles. The first-order chi connectivity index (χ1) is 14.8. The largest absolute Gasteiger partial charge is 0.478 e. The van der Waals surface area contributed by atoms with Gasteiger partial charge < -0.3 is 4.74 Å². The molecule has 0 saturated carbocycles. The minimum atomic E-state index is -3.70. The number of halogens is 1. The molecule has 2 atom stereocenters. The number of benzene rings is 2. The van der Waals surface area contributed by atoms with Crippen molar-refractivity contribution in [1.29, 1.82) is 0 Å². The van der Waals surface area contributed by atoms with E-state index in [1.807, 2.05) is 0 Å². The van der Waals surface area contributed by atoms with Crippen LogP contribution in [0.15, 0.2) is 59.5 Å². The maximum atomic E-state index is 13.6. The first-order valence-electron chi connectivity index (χ1n) is 9.85. The molecule has 2 unspecified atom stereocenters. The van der Waals surface area contributed by atoms with Crippen LogP contribution >= 0.6 is 0 Å². The van der Waals surface area contributed by atoms with E-state index in [2.05, 4.69) is 10.9 Å². The third-order valence-corrected chi connectivity index (χ3v) is 6.83. The van der Waals surface area contributed by atoms with Gasteiger partial charge in [-0.25, -0.2) is 12.8 Å². The van der Waals surface area contributed by atoms with Crippen LogP contribution in [-0.2, 0) is 19.6 Å². The van der Waals surface area contributed by atoms with E-state index in [-0.39, 0.29) is 17.2 Å². The highest BCUT2D eigenvalue weighted by atomic mass is 32.2. The van der Waals surface area contributed by atoms with Gasteiger partial charge in [0, 0.05) is 13.1 Å². The number of sulfonamides is 1. The van der Waals surface area contributed by atoms with Crippen LogP contribution in [0.25, 0.3) is 0 Å². The first-order valence-corrected chi connectivity index (χ1v) is 11.3. The molecule has 10 heteroatoms. The molecular weight excluding hydrogens is 425 g/mol. The summed E-state index contributed by atoms with van der Waals surface area (Å²) in [7, 11) is -3.70. The molecule has 3 rings (SSSR count). The summed E-state index contributed by atoms with van der Waals surface area (Å²) in [6, 6.07) is 13.7. The number of hydrogen-bond donors (Lipinski definition) is 2. The Bertz CT molecular complexity index is 1030. The van der Waals surface area contributed by atoms with E-state index in [0.717, 1.165) is 0 Å². The van der Waals surface area contributed by atoms with Crippen LogP contribution in [-0.4, -0.2) is 43.7 Å². The van der Waals surface area contributed by atoms with E-state index in [9.17, 15) is 22.4 Å². The molecule has 2 amide bonds. The number of hydrogen-bond acceptors (Lipinski definition) is 5. The Morgan fingerprint density at radius 2 is 1.77 bits per heavy atom. The van der Waals surface area contributed by atoms with Gasteiger partial charge in [-0.1, -0.05) is 30.3 Å². The third-order valence-electron chi connectivity index (χ3n) is 4.95. The van der Waals surface area contributed by atoms with Crippen molar-refractivity contribution in [3.8, 4) is 5.75 Å². The molecule has 0 aliphatic carbocycles. The SMILES string of the molecule is CC(Oc1ccccc1F)C(=O)NNC(=O)C1CCCN(S(=O)(=O)c2ccccc2)C1. The highest BCUT2D eigenvalue weighted by molar-refractivity contribution is 7.89. The van der Waals surface area contributed by atoms with Crippen LogP contribution in [0, 0.1) is 11.7 Å². The van der Waals surface area contributed by atoms with Gasteiger partial charge in [0.1, 0.15) is 0 Å². The third kappa shape index (κ3) is 5.59. The molecule has 0 aromatic heterocycles. The van der Waals surface area contributed by atoms with Crippen LogP contribution in [0.1, 0.15) is 19.8 Å².